The number of unbranched alkanes of at least 4 members (excludes halogenated alkanes) is 1. The van der Waals surface area contributed by atoms with Gasteiger partial charge < -0.3 is 31.9 Å². The van der Waals surface area contributed by atoms with Crippen molar-refractivity contribution in [3.05, 3.63) is 0 Å². The quantitative estimate of drug-likeness (QED) is 0.183. The van der Waals surface area contributed by atoms with E-state index < -0.39 is 42.0 Å². The molecule has 0 aliphatic heterocycles. The summed E-state index contributed by atoms with van der Waals surface area (Å²) in [6, 6.07) is -1.08. The lowest BCUT2D eigenvalue weighted by Crippen LogP contribution is -2.51. The number of aliphatic hydroxyl groups is 4. The summed E-state index contributed by atoms with van der Waals surface area (Å²) < 4.78 is 0. The van der Waals surface area contributed by atoms with Crippen LogP contribution in [0.15, 0.2) is 0 Å². The molecule has 0 fully saturated rings. The van der Waals surface area contributed by atoms with Gasteiger partial charge in [0, 0.05) is 0 Å². The van der Waals surface area contributed by atoms with Gasteiger partial charge >= 0.3 is 0 Å². The van der Waals surface area contributed by atoms with Gasteiger partial charge in [-0.15, -0.1) is 0 Å². The summed E-state index contributed by atoms with van der Waals surface area (Å²) in [7, 11) is 0. The number of carbonyl (C=O) groups excluding carboxylic acids is 2. The number of aliphatic hydroxyl groups excluding tert-OH is 4. The topological polar surface area (TPSA) is 167 Å². The molecule has 0 rings (SSSR count). The third-order valence-electron chi connectivity index (χ3n) is 2.99. The van der Waals surface area contributed by atoms with Gasteiger partial charge in [-0.3, -0.25) is 9.59 Å². The van der Waals surface area contributed by atoms with Gasteiger partial charge in [0.05, 0.1) is 12.1 Å². The molecule has 0 spiro atoms. The lowest BCUT2D eigenvalue weighted by atomic mass is 9.95. The highest BCUT2D eigenvalue weighted by atomic mass is 16.4. The van der Waals surface area contributed by atoms with Crippen molar-refractivity contribution in [1.82, 2.24) is 0 Å². The Morgan fingerprint density at radius 3 is 2.00 bits per heavy atom. The van der Waals surface area contributed by atoms with Crippen LogP contribution in [0, 0.1) is 0 Å². The molecule has 8 heteroatoms. The zero-order chi connectivity index (χ0) is 15.9. The van der Waals surface area contributed by atoms with Crippen molar-refractivity contribution >= 4 is 11.6 Å². The van der Waals surface area contributed by atoms with Gasteiger partial charge in [0.25, 0.3) is 0 Å². The largest absolute Gasteiger partial charge is 0.391 e. The molecule has 8 nitrogen and oxygen atoms in total. The second-order valence-corrected chi connectivity index (χ2v) is 4.79. The summed E-state index contributed by atoms with van der Waals surface area (Å²) in [5, 5.41) is 37.4. The van der Waals surface area contributed by atoms with E-state index in [1.165, 1.54) is 6.92 Å². The van der Waals surface area contributed by atoms with Crippen molar-refractivity contribution in [3.63, 3.8) is 0 Å². The zero-order valence-corrected chi connectivity index (χ0v) is 11.5. The van der Waals surface area contributed by atoms with Gasteiger partial charge in [-0.2, -0.15) is 0 Å². The smallest absolute Gasteiger partial charge is 0.231 e. The van der Waals surface area contributed by atoms with E-state index in [0.29, 0.717) is 19.4 Å². The average Bonchev–Trinajstić information content (AvgIpc) is 2.43. The maximum Gasteiger partial charge on any atom is 0.231 e. The van der Waals surface area contributed by atoms with E-state index in [0.717, 1.165) is 0 Å². The molecule has 0 bridgehead atoms. The zero-order valence-electron chi connectivity index (χ0n) is 11.5. The van der Waals surface area contributed by atoms with E-state index in [-0.39, 0.29) is 6.42 Å². The molecule has 0 aliphatic rings. The Hall–Kier alpha value is -0.900. The molecule has 0 aromatic carbocycles. The molecule has 0 unspecified atom stereocenters. The van der Waals surface area contributed by atoms with Crippen molar-refractivity contribution in [2.45, 2.75) is 56.6 Å². The van der Waals surface area contributed by atoms with Gasteiger partial charge in [0.1, 0.15) is 18.3 Å². The van der Waals surface area contributed by atoms with Crippen LogP contribution in [-0.4, -0.2) is 69.0 Å². The maximum absolute atomic E-state index is 11.7. The van der Waals surface area contributed by atoms with Gasteiger partial charge in [0.2, 0.25) is 11.6 Å². The van der Waals surface area contributed by atoms with Crippen LogP contribution in [0.3, 0.4) is 0 Å². The average molecular weight is 292 g/mol. The Bertz CT molecular complexity index is 323. The fourth-order valence-corrected chi connectivity index (χ4v) is 1.60. The number of ketones is 2. The van der Waals surface area contributed by atoms with Crippen LogP contribution in [0.1, 0.15) is 26.2 Å². The summed E-state index contributed by atoms with van der Waals surface area (Å²) in [5.74, 6) is -2.30. The predicted octanol–water partition coefficient (Wildman–Crippen LogP) is -2.96. The molecule has 0 saturated heterocycles. The maximum atomic E-state index is 11.7. The van der Waals surface area contributed by atoms with Crippen molar-refractivity contribution < 1.29 is 30.0 Å². The van der Waals surface area contributed by atoms with Gasteiger partial charge in [0.15, 0.2) is 0 Å². The number of rotatable bonds is 10. The molecular formula is C12H24N2O6. The molecule has 0 heterocycles. The SMILES string of the molecule is C[C@H](O)[C@@H](O)[C@@H](O)[C@H](O)C(=O)C(=O)[C@@H](N)CCCCN. The molecule has 0 aromatic heterocycles. The van der Waals surface area contributed by atoms with E-state index in [2.05, 4.69) is 0 Å². The normalized spacial score (nSPS) is 18.9. The van der Waals surface area contributed by atoms with Crippen molar-refractivity contribution in [3.8, 4) is 0 Å². The van der Waals surface area contributed by atoms with Crippen LogP contribution in [0.2, 0.25) is 0 Å². The van der Waals surface area contributed by atoms with E-state index >= 15 is 0 Å². The summed E-state index contributed by atoms with van der Waals surface area (Å²) in [6.45, 7) is 1.61. The molecule has 20 heavy (non-hydrogen) atoms. The molecular weight excluding hydrogens is 268 g/mol. The van der Waals surface area contributed by atoms with E-state index in [9.17, 15) is 24.9 Å². The van der Waals surface area contributed by atoms with Crippen LogP contribution >= 0.6 is 0 Å². The Morgan fingerprint density at radius 1 is 1.00 bits per heavy atom. The standard InChI is InChI=1S/C12H24N2O6/c1-6(15)8(16)10(18)12(20)11(19)9(17)7(14)4-2-3-5-13/h6-8,10,12,15-16,18,20H,2-5,13-14H2,1H3/t6-,7-,8+,10+,12-/m0/s1. The number of carbonyl (C=O) groups is 2. The summed E-state index contributed by atoms with van der Waals surface area (Å²) in [5.41, 5.74) is 10.8. The minimum Gasteiger partial charge on any atom is -0.391 e. The third kappa shape index (κ3) is 5.61. The van der Waals surface area contributed by atoms with Crippen LogP contribution < -0.4 is 11.5 Å². The van der Waals surface area contributed by atoms with E-state index in [1.54, 1.807) is 0 Å². The van der Waals surface area contributed by atoms with Gasteiger partial charge in [-0.1, -0.05) is 6.42 Å². The fourth-order valence-electron chi connectivity index (χ4n) is 1.60. The van der Waals surface area contributed by atoms with Crippen molar-refractivity contribution in [1.29, 1.82) is 0 Å². The first kappa shape index (κ1) is 19.1. The monoisotopic (exact) mass is 292 g/mol. The van der Waals surface area contributed by atoms with Gasteiger partial charge in [-0.05, 0) is 26.3 Å². The number of Topliss-reactive ketones (excluding diaryl/α,β-unsaturated/α-hetero) is 2. The first-order valence-electron chi connectivity index (χ1n) is 6.50. The molecule has 0 radical (unpaired) electrons. The first-order chi connectivity index (χ1) is 9.23. The van der Waals surface area contributed by atoms with Crippen molar-refractivity contribution in [2.75, 3.05) is 6.54 Å². The molecule has 0 amide bonds. The predicted molar refractivity (Wildman–Crippen MR) is 70.6 cm³/mol. The van der Waals surface area contributed by atoms with Crippen LogP contribution in [-0.2, 0) is 9.59 Å². The summed E-state index contributed by atoms with van der Waals surface area (Å²) in [6.07, 6.45) is -5.72. The highest BCUT2D eigenvalue weighted by Gasteiger charge is 2.37. The first-order valence-corrected chi connectivity index (χ1v) is 6.50. The Labute approximate surface area is 117 Å². The number of nitrogens with two attached hydrogens (primary N) is 2. The Balaban J connectivity index is 4.52. The fraction of sp³-hybridized carbons (Fsp3) is 0.833. The van der Waals surface area contributed by atoms with Crippen LogP contribution in [0.4, 0.5) is 0 Å². The third-order valence-corrected chi connectivity index (χ3v) is 2.99. The number of hydrogen-bond donors (Lipinski definition) is 6. The number of hydrogen-bond acceptors (Lipinski definition) is 8. The second kappa shape index (κ2) is 9.11. The van der Waals surface area contributed by atoms with Crippen LogP contribution in [0.25, 0.3) is 0 Å². The molecule has 5 atom stereocenters. The molecule has 8 N–H and O–H groups in total. The molecule has 0 aromatic rings. The Kier molecular flexibility index (Phi) is 8.70. The Morgan fingerprint density at radius 2 is 1.55 bits per heavy atom. The highest BCUT2D eigenvalue weighted by Crippen LogP contribution is 2.08. The summed E-state index contributed by atoms with van der Waals surface area (Å²) in [4.78, 5) is 23.3. The molecule has 0 aliphatic carbocycles. The molecule has 118 valence electrons. The molecule has 0 saturated carbocycles. The van der Waals surface area contributed by atoms with Gasteiger partial charge in [-0.25, -0.2) is 0 Å². The van der Waals surface area contributed by atoms with E-state index in [4.69, 9.17) is 16.6 Å². The lowest BCUT2D eigenvalue weighted by molar-refractivity contribution is -0.152. The highest BCUT2D eigenvalue weighted by molar-refractivity contribution is 6.40. The summed E-state index contributed by atoms with van der Waals surface area (Å²) >= 11 is 0. The van der Waals surface area contributed by atoms with Crippen molar-refractivity contribution in [2.24, 2.45) is 11.5 Å². The van der Waals surface area contributed by atoms with Crippen LogP contribution in [0.5, 0.6) is 0 Å². The second-order valence-electron chi connectivity index (χ2n) is 4.79. The van der Waals surface area contributed by atoms with E-state index in [1.807, 2.05) is 0 Å². The minimum absolute atomic E-state index is 0.240. The lowest BCUT2D eigenvalue weighted by Gasteiger charge is -2.24. The minimum atomic E-state index is -2.12.